The fourth-order valence-electron chi connectivity index (χ4n) is 3.53. The van der Waals surface area contributed by atoms with E-state index >= 15 is 0 Å². The molecule has 3 rings (SSSR count). The number of pyridine rings is 1. The van der Waals surface area contributed by atoms with E-state index in [1.807, 2.05) is 26.8 Å². The van der Waals surface area contributed by atoms with E-state index in [1.165, 1.54) is 24.0 Å². The molecule has 0 atom stereocenters. The molecule has 1 N–H and O–H groups in total. The molecule has 0 radical (unpaired) electrons. The first kappa shape index (κ1) is 18.9. The lowest BCUT2D eigenvalue weighted by molar-refractivity contribution is 0.0948. The number of amides is 1. The minimum Gasteiger partial charge on any atom is -0.348 e. The van der Waals surface area contributed by atoms with Gasteiger partial charge in [0, 0.05) is 18.8 Å². The first-order valence-electron chi connectivity index (χ1n) is 9.21. The van der Waals surface area contributed by atoms with Crippen molar-refractivity contribution in [2.45, 2.75) is 59.0 Å². The number of nitrogens with one attached hydrogen (secondary N) is 1. The fourth-order valence-corrected chi connectivity index (χ4v) is 3.94. The Labute approximate surface area is 162 Å². The Kier molecular flexibility index (Phi) is 5.66. The summed E-state index contributed by atoms with van der Waals surface area (Å²) in [6.45, 7) is 6.81. The second-order valence-electron chi connectivity index (χ2n) is 7.01. The van der Waals surface area contributed by atoms with Crippen molar-refractivity contribution < 1.29 is 4.79 Å². The van der Waals surface area contributed by atoms with E-state index in [1.54, 1.807) is 4.57 Å². The highest BCUT2D eigenvalue weighted by Gasteiger charge is 2.26. The van der Waals surface area contributed by atoms with Crippen LogP contribution in [-0.4, -0.2) is 10.5 Å². The van der Waals surface area contributed by atoms with Crippen molar-refractivity contribution in [3.8, 4) is 0 Å². The van der Waals surface area contributed by atoms with Crippen LogP contribution in [0.25, 0.3) is 0 Å². The summed E-state index contributed by atoms with van der Waals surface area (Å²) >= 11 is 3.37. The van der Waals surface area contributed by atoms with Crippen LogP contribution in [0.5, 0.6) is 0 Å². The van der Waals surface area contributed by atoms with Crippen LogP contribution in [0, 0.1) is 13.8 Å². The second-order valence-corrected chi connectivity index (χ2v) is 7.80. The zero-order valence-corrected chi connectivity index (χ0v) is 17.1. The smallest absolute Gasteiger partial charge is 0.265 e. The van der Waals surface area contributed by atoms with Crippen LogP contribution < -0.4 is 10.9 Å². The molecule has 1 aromatic heterocycles. The molecular formula is C21H25BrN2O2. The number of aromatic nitrogens is 1. The molecule has 2 aromatic rings. The minimum absolute atomic E-state index is 0.0718. The fraction of sp³-hybridized carbons (Fsp3) is 0.429. The lowest BCUT2D eigenvalue weighted by Crippen LogP contribution is -2.31. The number of carbonyl (C=O) groups is 1. The number of carbonyl (C=O) groups excluding carboxylic acids is 1. The summed E-state index contributed by atoms with van der Waals surface area (Å²) in [6.07, 6.45) is 3.31. The van der Waals surface area contributed by atoms with Crippen molar-refractivity contribution in [1.82, 2.24) is 9.88 Å². The Bertz CT molecular complexity index is 898. The normalized spacial score (nSPS) is 13.7. The number of nitrogens with zero attached hydrogens (tertiary/aromatic N) is 1. The molecule has 0 spiro atoms. The summed E-state index contributed by atoms with van der Waals surface area (Å²) in [5, 5.41) is 3.06. The van der Waals surface area contributed by atoms with Gasteiger partial charge in [0.1, 0.15) is 0 Å². The molecule has 5 heteroatoms. The Morgan fingerprint density at radius 1 is 1.27 bits per heavy atom. The first-order chi connectivity index (χ1) is 12.5. The molecule has 0 saturated heterocycles. The SMILES string of the molecule is CCCn1c(C)c(C(=O)NCc2ccccc2C2CC2)c(C)c(Br)c1=O. The zero-order chi connectivity index (χ0) is 18.8. The van der Waals surface area contributed by atoms with E-state index in [2.05, 4.69) is 39.4 Å². The molecule has 26 heavy (non-hydrogen) atoms. The largest absolute Gasteiger partial charge is 0.348 e. The van der Waals surface area contributed by atoms with Gasteiger partial charge in [-0.05, 0) is 71.6 Å². The van der Waals surface area contributed by atoms with Gasteiger partial charge in [0.15, 0.2) is 0 Å². The van der Waals surface area contributed by atoms with E-state index < -0.39 is 0 Å². The summed E-state index contributed by atoms with van der Waals surface area (Å²) < 4.78 is 2.16. The molecule has 1 saturated carbocycles. The number of halogens is 1. The van der Waals surface area contributed by atoms with Gasteiger partial charge in [-0.2, -0.15) is 0 Å². The van der Waals surface area contributed by atoms with Gasteiger partial charge in [-0.15, -0.1) is 0 Å². The van der Waals surface area contributed by atoms with E-state index in [0.29, 0.717) is 34.6 Å². The third-order valence-electron chi connectivity index (χ3n) is 5.09. The Morgan fingerprint density at radius 3 is 2.62 bits per heavy atom. The number of hydrogen-bond donors (Lipinski definition) is 1. The molecule has 4 nitrogen and oxygen atoms in total. The van der Waals surface area contributed by atoms with E-state index in [4.69, 9.17) is 0 Å². The van der Waals surface area contributed by atoms with Crippen molar-refractivity contribution in [3.63, 3.8) is 0 Å². The monoisotopic (exact) mass is 416 g/mol. The Hall–Kier alpha value is -1.88. The van der Waals surface area contributed by atoms with Crippen molar-refractivity contribution in [2.24, 2.45) is 0 Å². The molecule has 0 unspecified atom stereocenters. The Balaban J connectivity index is 1.88. The quantitative estimate of drug-likeness (QED) is 0.756. The van der Waals surface area contributed by atoms with Gasteiger partial charge in [-0.25, -0.2) is 0 Å². The van der Waals surface area contributed by atoms with Crippen LogP contribution in [0.2, 0.25) is 0 Å². The molecule has 1 fully saturated rings. The van der Waals surface area contributed by atoms with E-state index in [0.717, 1.165) is 12.1 Å². The topological polar surface area (TPSA) is 51.1 Å². The second kappa shape index (κ2) is 7.78. The number of rotatable bonds is 6. The lowest BCUT2D eigenvalue weighted by Gasteiger charge is -2.18. The molecule has 1 heterocycles. The average molecular weight is 417 g/mol. The van der Waals surface area contributed by atoms with Crippen molar-refractivity contribution in [1.29, 1.82) is 0 Å². The lowest BCUT2D eigenvalue weighted by atomic mass is 10.0. The maximum atomic E-state index is 12.9. The van der Waals surface area contributed by atoms with E-state index in [-0.39, 0.29) is 11.5 Å². The summed E-state index contributed by atoms with van der Waals surface area (Å²) in [6, 6.07) is 8.32. The van der Waals surface area contributed by atoms with Crippen LogP contribution in [-0.2, 0) is 13.1 Å². The van der Waals surface area contributed by atoms with Crippen molar-refractivity contribution in [2.75, 3.05) is 0 Å². The molecular weight excluding hydrogens is 392 g/mol. The van der Waals surface area contributed by atoms with Gasteiger partial charge in [0.2, 0.25) is 0 Å². The van der Waals surface area contributed by atoms with Crippen molar-refractivity contribution >= 4 is 21.8 Å². The van der Waals surface area contributed by atoms with Gasteiger partial charge in [-0.3, -0.25) is 9.59 Å². The summed E-state index contributed by atoms with van der Waals surface area (Å²) in [5.74, 6) is 0.517. The van der Waals surface area contributed by atoms with Gasteiger partial charge in [-0.1, -0.05) is 31.2 Å². The van der Waals surface area contributed by atoms with Crippen LogP contribution in [0.15, 0.2) is 33.5 Å². The highest BCUT2D eigenvalue weighted by atomic mass is 79.9. The molecule has 138 valence electrons. The van der Waals surface area contributed by atoms with Gasteiger partial charge >= 0.3 is 0 Å². The standard InChI is InChI=1S/C21H25BrN2O2/c1-4-11-24-14(3)18(13(2)19(22)21(24)26)20(25)23-12-16-7-5-6-8-17(16)15-9-10-15/h5-8,15H,4,9-12H2,1-3H3,(H,23,25). The summed E-state index contributed by atoms with van der Waals surface area (Å²) in [5.41, 5.74) is 4.47. The molecule has 1 aromatic carbocycles. The predicted molar refractivity (Wildman–Crippen MR) is 108 cm³/mol. The minimum atomic E-state index is -0.129. The molecule has 1 amide bonds. The maximum absolute atomic E-state index is 12.9. The van der Waals surface area contributed by atoms with Crippen LogP contribution in [0.4, 0.5) is 0 Å². The number of hydrogen-bond acceptors (Lipinski definition) is 2. The molecule has 1 aliphatic rings. The highest BCUT2D eigenvalue weighted by molar-refractivity contribution is 9.10. The first-order valence-corrected chi connectivity index (χ1v) is 10.0. The van der Waals surface area contributed by atoms with Crippen LogP contribution >= 0.6 is 15.9 Å². The number of benzene rings is 1. The third kappa shape index (κ3) is 3.63. The highest BCUT2D eigenvalue weighted by Crippen LogP contribution is 2.41. The van der Waals surface area contributed by atoms with Crippen molar-refractivity contribution in [3.05, 3.63) is 67.0 Å². The molecule has 0 bridgehead atoms. The van der Waals surface area contributed by atoms with Gasteiger partial charge < -0.3 is 9.88 Å². The van der Waals surface area contributed by atoms with Gasteiger partial charge in [0.05, 0.1) is 10.0 Å². The molecule has 0 aliphatic heterocycles. The molecule has 1 aliphatic carbocycles. The Morgan fingerprint density at radius 2 is 1.96 bits per heavy atom. The summed E-state index contributed by atoms with van der Waals surface area (Å²) in [7, 11) is 0. The zero-order valence-electron chi connectivity index (χ0n) is 15.6. The predicted octanol–water partition coefficient (Wildman–Crippen LogP) is 4.45. The average Bonchev–Trinajstić information content (AvgIpc) is 3.47. The van der Waals surface area contributed by atoms with E-state index in [9.17, 15) is 9.59 Å². The third-order valence-corrected chi connectivity index (χ3v) is 6.02. The van der Waals surface area contributed by atoms with Crippen LogP contribution in [0.1, 0.15) is 64.8 Å². The van der Waals surface area contributed by atoms with Crippen LogP contribution in [0.3, 0.4) is 0 Å². The summed E-state index contributed by atoms with van der Waals surface area (Å²) in [4.78, 5) is 25.4. The maximum Gasteiger partial charge on any atom is 0.265 e. The van der Waals surface area contributed by atoms with Gasteiger partial charge in [0.25, 0.3) is 11.5 Å².